The van der Waals surface area contributed by atoms with Gasteiger partial charge < -0.3 is 4.74 Å². The molecule has 20 heavy (non-hydrogen) atoms. The number of ether oxygens (including phenoxy) is 1. The number of para-hydroxylation sites is 1. The van der Waals surface area contributed by atoms with Gasteiger partial charge in [-0.15, -0.1) is 13.2 Å². The zero-order valence-electron chi connectivity index (χ0n) is 10.0. The summed E-state index contributed by atoms with van der Waals surface area (Å²) in [5, 5.41) is 0.320. The smallest absolute Gasteiger partial charge is 0.405 e. The number of halogens is 5. The monoisotopic (exact) mass is 348 g/mol. The van der Waals surface area contributed by atoms with Crippen LogP contribution in [0, 0.1) is 5.82 Å². The van der Waals surface area contributed by atoms with E-state index in [-0.39, 0.29) is 11.1 Å². The van der Waals surface area contributed by atoms with Gasteiger partial charge in [0.05, 0.1) is 0 Å². The summed E-state index contributed by atoms with van der Waals surface area (Å²) in [7, 11) is 0. The molecule has 0 bridgehead atoms. The third-order valence-corrected chi connectivity index (χ3v) is 3.23. The molecule has 2 aromatic carbocycles. The van der Waals surface area contributed by atoms with Crippen LogP contribution in [0.15, 0.2) is 42.5 Å². The van der Waals surface area contributed by atoms with Gasteiger partial charge in [-0.05, 0) is 17.7 Å². The molecular formula is C14H9BrF4O. The summed E-state index contributed by atoms with van der Waals surface area (Å²) in [6.45, 7) is 0. The van der Waals surface area contributed by atoms with Crippen molar-refractivity contribution in [3.63, 3.8) is 0 Å². The minimum atomic E-state index is -4.82. The van der Waals surface area contributed by atoms with Crippen LogP contribution in [0.2, 0.25) is 0 Å². The number of alkyl halides is 4. The summed E-state index contributed by atoms with van der Waals surface area (Å²) in [5.41, 5.74) is 0.713. The van der Waals surface area contributed by atoms with E-state index in [1.165, 1.54) is 30.3 Å². The fourth-order valence-corrected chi connectivity index (χ4v) is 2.34. The second-order valence-electron chi connectivity index (χ2n) is 3.95. The van der Waals surface area contributed by atoms with E-state index in [4.69, 9.17) is 0 Å². The third-order valence-electron chi connectivity index (χ3n) is 2.63. The molecule has 106 valence electrons. The fourth-order valence-electron chi connectivity index (χ4n) is 1.87. The maximum Gasteiger partial charge on any atom is 0.573 e. The van der Waals surface area contributed by atoms with Gasteiger partial charge in [-0.25, -0.2) is 4.39 Å². The second kappa shape index (κ2) is 5.83. The molecule has 0 N–H and O–H groups in total. The van der Waals surface area contributed by atoms with Crippen LogP contribution < -0.4 is 4.74 Å². The van der Waals surface area contributed by atoms with E-state index in [9.17, 15) is 17.6 Å². The number of hydrogen-bond acceptors (Lipinski definition) is 1. The molecule has 0 spiro atoms. The Morgan fingerprint density at radius 3 is 2.35 bits per heavy atom. The molecule has 0 aliphatic carbocycles. The SMILES string of the molecule is Fc1cccc(CBr)c1-c1ccccc1OC(F)(F)F. The lowest BCUT2D eigenvalue weighted by Crippen LogP contribution is -2.17. The standard InChI is InChI=1S/C14H9BrF4O/c15-8-9-4-3-6-11(16)13(9)10-5-1-2-7-12(10)20-14(17,18)19/h1-7H,8H2. The van der Waals surface area contributed by atoms with Gasteiger partial charge in [0.25, 0.3) is 0 Å². The zero-order valence-corrected chi connectivity index (χ0v) is 11.6. The van der Waals surface area contributed by atoms with Crippen LogP contribution in [-0.4, -0.2) is 6.36 Å². The molecule has 0 saturated carbocycles. The van der Waals surface area contributed by atoms with E-state index in [2.05, 4.69) is 20.7 Å². The van der Waals surface area contributed by atoms with Crippen molar-refractivity contribution in [3.05, 3.63) is 53.8 Å². The van der Waals surface area contributed by atoms with Gasteiger partial charge >= 0.3 is 6.36 Å². The molecule has 2 aromatic rings. The first-order valence-electron chi connectivity index (χ1n) is 5.61. The second-order valence-corrected chi connectivity index (χ2v) is 4.51. The molecule has 0 atom stereocenters. The molecule has 0 heterocycles. The number of hydrogen-bond donors (Lipinski definition) is 0. The summed E-state index contributed by atoms with van der Waals surface area (Å²) in [4.78, 5) is 0. The van der Waals surface area contributed by atoms with Crippen LogP contribution in [0.5, 0.6) is 5.75 Å². The van der Waals surface area contributed by atoms with Crippen molar-refractivity contribution in [2.75, 3.05) is 0 Å². The molecule has 0 unspecified atom stereocenters. The number of benzene rings is 2. The molecule has 2 rings (SSSR count). The van der Waals surface area contributed by atoms with Crippen molar-refractivity contribution in [3.8, 4) is 16.9 Å². The van der Waals surface area contributed by atoms with Crippen LogP contribution in [0.4, 0.5) is 17.6 Å². The van der Waals surface area contributed by atoms with Crippen molar-refractivity contribution in [2.45, 2.75) is 11.7 Å². The van der Waals surface area contributed by atoms with Crippen LogP contribution in [-0.2, 0) is 5.33 Å². The molecule has 0 aliphatic heterocycles. The van der Waals surface area contributed by atoms with Crippen LogP contribution >= 0.6 is 15.9 Å². The first-order chi connectivity index (χ1) is 9.42. The Bertz CT molecular complexity index is 610. The Balaban J connectivity index is 2.59. The average molecular weight is 349 g/mol. The Kier molecular flexibility index (Phi) is 4.32. The molecule has 0 amide bonds. The lowest BCUT2D eigenvalue weighted by Gasteiger charge is -2.15. The lowest BCUT2D eigenvalue weighted by atomic mass is 9.99. The molecule has 0 fully saturated rings. The van der Waals surface area contributed by atoms with Gasteiger partial charge in [-0.2, -0.15) is 0 Å². The van der Waals surface area contributed by atoms with Gasteiger partial charge in [0, 0.05) is 16.5 Å². The summed E-state index contributed by atoms with van der Waals surface area (Å²) in [6, 6.07) is 9.83. The normalized spacial score (nSPS) is 11.4. The summed E-state index contributed by atoms with van der Waals surface area (Å²) < 4.78 is 55.1. The molecule has 0 radical (unpaired) electrons. The van der Waals surface area contributed by atoms with Crippen molar-refractivity contribution < 1.29 is 22.3 Å². The van der Waals surface area contributed by atoms with Crippen LogP contribution in [0.3, 0.4) is 0 Å². The maximum absolute atomic E-state index is 14.0. The molecule has 6 heteroatoms. The van der Waals surface area contributed by atoms with E-state index in [1.807, 2.05) is 0 Å². The highest BCUT2D eigenvalue weighted by molar-refractivity contribution is 9.08. The first kappa shape index (κ1) is 14.8. The Labute approximate surface area is 121 Å². The van der Waals surface area contributed by atoms with Gasteiger partial charge in [0.1, 0.15) is 11.6 Å². The molecule has 1 nitrogen and oxygen atoms in total. The predicted molar refractivity (Wildman–Crippen MR) is 71.2 cm³/mol. The summed E-state index contributed by atoms with van der Waals surface area (Å²) >= 11 is 3.20. The Hall–Kier alpha value is -1.56. The van der Waals surface area contributed by atoms with Gasteiger partial charge in [0.15, 0.2) is 0 Å². The van der Waals surface area contributed by atoms with Crippen molar-refractivity contribution >= 4 is 15.9 Å². The Morgan fingerprint density at radius 1 is 1.00 bits per heavy atom. The average Bonchev–Trinajstić information content (AvgIpc) is 2.37. The van der Waals surface area contributed by atoms with Gasteiger partial charge in [-0.1, -0.05) is 46.3 Å². The molecule has 0 saturated heterocycles. The lowest BCUT2D eigenvalue weighted by molar-refractivity contribution is -0.274. The highest BCUT2D eigenvalue weighted by Gasteiger charge is 2.32. The predicted octanol–water partition coefficient (Wildman–Crippen LogP) is 5.29. The third kappa shape index (κ3) is 3.30. The van der Waals surface area contributed by atoms with Crippen LogP contribution in [0.1, 0.15) is 5.56 Å². The topological polar surface area (TPSA) is 9.23 Å². The van der Waals surface area contributed by atoms with E-state index in [1.54, 1.807) is 6.07 Å². The van der Waals surface area contributed by atoms with E-state index in [0.29, 0.717) is 10.9 Å². The largest absolute Gasteiger partial charge is 0.573 e. The number of rotatable bonds is 3. The fraction of sp³-hybridized carbons (Fsp3) is 0.143. The van der Waals surface area contributed by atoms with E-state index in [0.717, 1.165) is 6.07 Å². The van der Waals surface area contributed by atoms with E-state index >= 15 is 0 Å². The molecule has 0 aliphatic rings. The van der Waals surface area contributed by atoms with Crippen molar-refractivity contribution in [1.82, 2.24) is 0 Å². The Morgan fingerprint density at radius 2 is 1.70 bits per heavy atom. The van der Waals surface area contributed by atoms with Crippen molar-refractivity contribution in [2.24, 2.45) is 0 Å². The minimum absolute atomic E-state index is 0.0670. The minimum Gasteiger partial charge on any atom is -0.405 e. The summed E-state index contributed by atoms with van der Waals surface area (Å²) in [5.74, 6) is -1.02. The summed E-state index contributed by atoms with van der Waals surface area (Å²) in [6.07, 6.45) is -4.82. The van der Waals surface area contributed by atoms with Crippen molar-refractivity contribution in [1.29, 1.82) is 0 Å². The first-order valence-corrected chi connectivity index (χ1v) is 6.73. The zero-order chi connectivity index (χ0) is 14.8. The quantitative estimate of drug-likeness (QED) is 0.541. The molecular weight excluding hydrogens is 340 g/mol. The van der Waals surface area contributed by atoms with E-state index < -0.39 is 17.9 Å². The van der Waals surface area contributed by atoms with Gasteiger partial charge in [-0.3, -0.25) is 0 Å². The van der Waals surface area contributed by atoms with Crippen LogP contribution in [0.25, 0.3) is 11.1 Å². The molecule has 0 aromatic heterocycles. The van der Waals surface area contributed by atoms with Gasteiger partial charge in [0.2, 0.25) is 0 Å². The highest BCUT2D eigenvalue weighted by Crippen LogP contribution is 2.37. The maximum atomic E-state index is 14.0. The highest BCUT2D eigenvalue weighted by atomic mass is 79.9.